The van der Waals surface area contributed by atoms with E-state index in [0.717, 1.165) is 35.1 Å². The number of likely N-dealkylation sites (tertiary alicyclic amines) is 1. The maximum Gasteiger partial charge on any atom is 0.294 e. The van der Waals surface area contributed by atoms with Crippen molar-refractivity contribution < 1.29 is 23.9 Å². The lowest BCUT2D eigenvalue weighted by atomic mass is 10.1. The van der Waals surface area contributed by atoms with E-state index in [-0.39, 0.29) is 17.4 Å². The minimum Gasteiger partial charge on any atom is -0.493 e. The Morgan fingerprint density at radius 2 is 1.88 bits per heavy atom. The number of hydrogen-bond acceptors (Lipinski definition) is 6. The Morgan fingerprint density at radius 1 is 1.18 bits per heavy atom. The fraction of sp³-hybridized carbons (Fsp3) is 0.292. The number of methoxy groups -OCH3 is 1. The number of ether oxygens (including phenoxy) is 2. The predicted molar refractivity (Wildman–Crippen MR) is 135 cm³/mol. The van der Waals surface area contributed by atoms with Crippen LogP contribution < -0.4 is 9.47 Å². The molecule has 7 nitrogen and oxygen atoms in total. The molecule has 178 valence electrons. The molecule has 2 aromatic rings. The van der Waals surface area contributed by atoms with Crippen LogP contribution in [0.15, 0.2) is 45.8 Å². The third kappa shape index (κ3) is 5.59. The van der Waals surface area contributed by atoms with Gasteiger partial charge < -0.3 is 14.4 Å². The van der Waals surface area contributed by atoms with E-state index in [4.69, 9.17) is 21.1 Å². The second-order valence-corrected chi connectivity index (χ2v) is 10.1. The largest absolute Gasteiger partial charge is 0.493 e. The molecule has 0 aliphatic carbocycles. The average Bonchev–Trinajstić information content (AvgIpc) is 3.44. The molecule has 0 spiro atoms. The average molecular weight is 566 g/mol. The second kappa shape index (κ2) is 10.8. The zero-order chi connectivity index (χ0) is 24.2. The van der Waals surface area contributed by atoms with Gasteiger partial charge in [0.2, 0.25) is 5.91 Å². The third-order valence-corrected chi connectivity index (χ3v) is 7.22. The summed E-state index contributed by atoms with van der Waals surface area (Å²) in [6, 6.07) is 10.8. The molecule has 0 radical (unpaired) electrons. The van der Waals surface area contributed by atoms with Crippen LogP contribution >= 0.6 is 39.3 Å². The highest BCUT2D eigenvalue weighted by Crippen LogP contribution is 2.39. The highest BCUT2D eigenvalue weighted by atomic mass is 79.9. The van der Waals surface area contributed by atoms with E-state index in [2.05, 4.69) is 15.9 Å². The van der Waals surface area contributed by atoms with E-state index >= 15 is 0 Å². The summed E-state index contributed by atoms with van der Waals surface area (Å²) in [5.74, 6) is 0.310. The SMILES string of the molecule is COc1cc(/C=C2/SC(=O)N(CC(=O)N3CCCC3)C2=O)cc(Br)c1OCc1ccc(Cl)cc1. The Morgan fingerprint density at radius 3 is 2.56 bits per heavy atom. The number of nitrogens with zero attached hydrogens (tertiary/aromatic N) is 2. The summed E-state index contributed by atoms with van der Waals surface area (Å²) in [6.07, 6.45) is 3.51. The molecule has 2 saturated heterocycles. The van der Waals surface area contributed by atoms with Gasteiger partial charge in [-0.3, -0.25) is 19.3 Å². The fourth-order valence-electron chi connectivity index (χ4n) is 3.69. The lowest BCUT2D eigenvalue weighted by Crippen LogP contribution is -2.40. The molecule has 2 heterocycles. The third-order valence-electron chi connectivity index (χ3n) is 5.47. The minimum atomic E-state index is -0.472. The van der Waals surface area contributed by atoms with Crippen molar-refractivity contribution in [2.75, 3.05) is 26.7 Å². The van der Waals surface area contributed by atoms with Gasteiger partial charge in [0.05, 0.1) is 16.5 Å². The van der Waals surface area contributed by atoms with E-state index in [1.165, 1.54) is 7.11 Å². The van der Waals surface area contributed by atoms with Crippen molar-refractivity contribution in [1.29, 1.82) is 0 Å². The molecule has 10 heteroatoms. The van der Waals surface area contributed by atoms with E-state index in [1.807, 2.05) is 12.1 Å². The van der Waals surface area contributed by atoms with Gasteiger partial charge in [-0.2, -0.15) is 0 Å². The lowest BCUT2D eigenvalue weighted by molar-refractivity contribution is -0.135. The van der Waals surface area contributed by atoms with E-state index in [1.54, 1.807) is 35.2 Å². The van der Waals surface area contributed by atoms with Gasteiger partial charge in [-0.25, -0.2) is 0 Å². The number of amides is 3. The van der Waals surface area contributed by atoms with Crippen LogP contribution in [-0.2, 0) is 16.2 Å². The molecule has 2 aromatic carbocycles. The molecule has 4 rings (SSSR count). The maximum absolute atomic E-state index is 12.8. The normalized spacial score (nSPS) is 17.1. The number of carbonyl (C=O) groups is 3. The summed E-state index contributed by atoms with van der Waals surface area (Å²) in [4.78, 5) is 40.6. The zero-order valence-corrected chi connectivity index (χ0v) is 21.5. The predicted octanol–water partition coefficient (Wildman–Crippen LogP) is 5.35. The standard InChI is InChI=1S/C24H22BrClN2O5S/c1-32-19-11-16(10-18(25)22(19)33-14-15-4-6-17(26)7-5-15)12-20-23(30)28(24(31)34-20)13-21(29)27-8-2-3-9-27/h4-7,10-12H,2-3,8-9,13-14H2,1H3/b20-12+. The van der Waals surface area contributed by atoms with Crippen molar-refractivity contribution in [2.45, 2.75) is 19.4 Å². The van der Waals surface area contributed by atoms with Gasteiger partial charge in [0, 0.05) is 18.1 Å². The summed E-state index contributed by atoms with van der Waals surface area (Å²) in [5, 5.41) is 0.203. The summed E-state index contributed by atoms with van der Waals surface area (Å²) >= 11 is 10.3. The van der Waals surface area contributed by atoms with Gasteiger partial charge >= 0.3 is 0 Å². The van der Waals surface area contributed by atoms with Gasteiger partial charge in [-0.05, 0) is 82.0 Å². The first-order valence-corrected chi connectivity index (χ1v) is 12.6. The first-order valence-electron chi connectivity index (χ1n) is 10.6. The summed E-state index contributed by atoms with van der Waals surface area (Å²) in [6.45, 7) is 1.43. The van der Waals surface area contributed by atoms with Gasteiger partial charge in [-0.15, -0.1) is 0 Å². The topological polar surface area (TPSA) is 76.2 Å². The monoisotopic (exact) mass is 564 g/mol. The molecule has 0 N–H and O–H groups in total. The first-order chi connectivity index (χ1) is 16.4. The van der Waals surface area contributed by atoms with Crippen LogP contribution in [0.25, 0.3) is 6.08 Å². The van der Waals surface area contributed by atoms with Gasteiger partial charge in [0.15, 0.2) is 11.5 Å². The van der Waals surface area contributed by atoms with Crippen LogP contribution in [0.2, 0.25) is 5.02 Å². The van der Waals surface area contributed by atoms with Gasteiger partial charge in [0.25, 0.3) is 11.1 Å². The number of imide groups is 1. The van der Waals surface area contributed by atoms with Gasteiger partial charge in [-0.1, -0.05) is 23.7 Å². The number of thioether (sulfide) groups is 1. The molecular formula is C24H22BrClN2O5S. The summed E-state index contributed by atoms with van der Waals surface area (Å²) < 4.78 is 12.1. The Hall–Kier alpha value is -2.49. The smallest absolute Gasteiger partial charge is 0.294 e. The van der Waals surface area contributed by atoms with Crippen molar-refractivity contribution in [3.05, 3.63) is 61.9 Å². The van der Waals surface area contributed by atoms with Gasteiger partial charge in [0.1, 0.15) is 13.2 Å². The molecule has 3 amide bonds. The Kier molecular flexibility index (Phi) is 7.85. The van der Waals surface area contributed by atoms with E-state index in [9.17, 15) is 14.4 Å². The number of benzene rings is 2. The molecule has 2 aliphatic rings. The number of hydrogen-bond donors (Lipinski definition) is 0. The quantitative estimate of drug-likeness (QED) is 0.422. The van der Waals surface area contributed by atoms with Crippen molar-refractivity contribution in [3.8, 4) is 11.5 Å². The number of halogens is 2. The molecule has 2 aliphatic heterocycles. The van der Waals surface area contributed by atoms with E-state index in [0.29, 0.717) is 46.3 Å². The molecule has 2 fully saturated rings. The highest BCUT2D eigenvalue weighted by molar-refractivity contribution is 9.10. The molecule has 0 unspecified atom stereocenters. The van der Waals surface area contributed by atoms with Crippen molar-refractivity contribution >= 4 is 62.4 Å². The van der Waals surface area contributed by atoms with Crippen LogP contribution in [0.3, 0.4) is 0 Å². The minimum absolute atomic E-state index is 0.201. The molecule has 34 heavy (non-hydrogen) atoms. The Balaban J connectivity index is 1.49. The molecular weight excluding hydrogens is 544 g/mol. The Labute approximate surface area is 215 Å². The molecule has 0 atom stereocenters. The highest BCUT2D eigenvalue weighted by Gasteiger charge is 2.37. The van der Waals surface area contributed by atoms with Crippen molar-refractivity contribution in [3.63, 3.8) is 0 Å². The van der Waals surface area contributed by atoms with Crippen molar-refractivity contribution in [2.24, 2.45) is 0 Å². The zero-order valence-electron chi connectivity index (χ0n) is 18.4. The number of rotatable bonds is 7. The molecule has 0 aromatic heterocycles. The van der Waals surface area contributed by atoms with Crippen LogP contribution in [0.4, 0.5) is 4.79 Å². The summed E-state index contributed by atoms with van der Waals surface area (Å²) in [5.41, 5.74) is 1.60. The maximum atomic E-state index is 12.8. The second-order valence-electron chi connectivity index (χ2n) is 7.81. The van der Waals surface area contributed by atoms with Crippen molar-refractivity contribution in [1.82, 2.24) is 9.80 Å². The van der Waals surface area contributed by atoms with Crippen LogP contribution in [0, 0.1) is 0 Å². The van der Waals surface area contributed by atoms with Crippen LogP contribution in [0.5, 0.6) is 11.5 Å². The fourth-order valence-corrected chi connectivity index (χ4v) is 5.23. The first kappa shape index (κ1) is 24.6. The molecule has 0 bridgehead atoms. The molecule has 0 saturated carbocycles. The van der Waals surface area contributed by atoms with E-state index < -0.39 is 11.1 Å². The van der Waals surface area contributed by atoms with Crippen LogP contribution in [0.1, 0.15) is 24.0 Å². The lowest BCUT2D eigenvalue weighted by Gasteiger charge is -2.18. The van der Waals surface area contributed by atoms with Crippen LogP contribution in [-0.4, -0.2) is 53.6 Å². The Bertz CT molecular complexity index is 1150. The summed E-state index contributed by atoms with van der Waals surface area (Å²) in [7, 11) is 1.53. The number of carbonyl (C=O) groups excluding carboxylic acids is 3.